The number of hydrogen-bond acceptors (Lipinski definition) is 5. The van der Waals surface area contributed by atoms with E-state index >= 15 is 0 Å². The SMILES string of the molecule is Cc1sc(C(F)(F)F)nc1-c1ccc(Cn2ncc3cnc(Cl)nc32)cc1. The minimum Gasteiger partial charge on any atom is -0.243 e. The monoisotopic (exact) mass is 409 g/mol. The van der Waals surface area contributed by atoms with Gasteiger partial charge in [0.15, 0.2) is 10.7 Å². The fourth-order valence-electron chi connectivity index (χ4n) is 2.69. The van der Waals surface area contributed by atoms with Gasteiger partial charge >= 0.3 is 6.18 Å². The number of thiazole rings is 1. The summed E-state index contributed by atoms with van der Waals surface area (Å²) in [5.74, 6) is 0. The Bertz CT molecular complexity index is 1120. The summed E-state index contributed by atoms with van der Waals surface area (Å²) in [5, 5.41) is 4.35. The fraction of sp³-hybridized carbons (Fsp3) is 0.176. The van der Waals surface area contributed by atoms with E-state index in [2.05, 4.69) is 20.1 Å². The van der Waals surface area contributed by atoms with Gasteiger partial charge in [-0.15, -0.1) is 11.3 Å². The molecular formula is C17H11ClF3N5S. The topological polar surface area (TPSA) is 56.5 Å². The zero-order chi connectivity index (χ0) is 19.2. The summed E-state index contributed by atoms with van der Waals surface area (Å²) in [7, 11) is 0. The lowest BCUT2D eigenvalue weighted by molar-refractivity contribution is -0.137. The first-order chi connectivity index (χ1) is 12.8. The third-order valence-electron chi connectivity index (χ3n) is 3.95. The van der Waals surface area contributed by atoms with Gasteiger partial charge in [0.05, 0.1) is 23.8 Å². The molecule has 0 radical (unpaired) electrons. The maximum absolute atomic E-state index is 12.8. The molecule has 0 saturated heterocycles. The summed E-state index contributed by atoms with van der Waals surface area (Å²) < 4.78 is 40.2. The lowest BCUT2D eigenvalue weighted by atomic mass is 10.1. The number of benzene rings is 1. The number of fused-ring (bicyclic) bond motifs is 1. The molecule has 0 atom stereocenters. The summed E-state index contributed by atoms with van der Waals surface area (Å²) in [4.78, 5) is 12.4. The van der Waals surface area contributed by atoms with E-state index in [4.69, 9.17) is 11.6 Å². The lowest BCUT2D eigenvalue weighted by Crippen LogP contribution is -2.04. The average molecular weight is 410 g/mol. The van der Waals surface area contributed by atoms with Crippen molar-refractivity contribution in [1.82, 2.24) is 24.7 Å². The van der Waals surface area contributed by atoms with Gasteiger partial charge < -0.3 is 0 Å². The van der Waals surface area contributed by atoms with Gasteiger partial charge in [-0.1, -0.05) is 24.3 Å². The zero-order valence-corrected chi connectivity index (χ0v) is 15.4. The van der Waals surface area contributed by atoms with E-state index < -0.39 is 11.2 Å². The predicted octanol–water partition coefficient (Wildman–Crippen LogP) is 4.98. The van der Waals surface area contributed by atoms with Crippen molar-refractivity contribution in [2.24, 2.45) is 0 Å². The second-order valence-corrected chi connectivity index (χ2v) is 7.38. The van der Waals surface area contributed by atoms with E-state index in [1.165, 1.54) is 0 Å². The van der Waals surface area contributed by atoms with Crippen molar-refractivity contribution in [3.63, 3.8) is 0 Å². The molecule has 4 aromatic rings. The number of halogens is 4. The highest BCUT2D eigenvalue weighted by Crippen LogP contribution is 2.37. The molecule has 0 bridgehead atoms. The quantitative estimate of drug-likeness (QED) is 0.448. The molecule has 5 nitrogen and oxygen atoms in total. The summed E-state index contributed by atoms with van der Waals surface area (Å²) in [6.45, 7) is 2.08. The van der Waals surface area contributed by atoms with Gasteiger partial charge in [-0.25, -0.2) is 14.6 Å². The first-order valence-electron chi connectivity index (χ1n) is 7.79. The molecule has 0 unspecified atom stereocenters. The molecular weight excluding hydrogens is 399 g/mol. The minimum absolute atomic E-state index is 0.138. The first-order valence-corrected chi connectivity index (χ1v) is 8.99. The average Bonchev–Trinajstić information content (AvgIpc) is 3.19. The van der Waals surface area contributed by atoms with E-state index in [-0.39, 0.29) is 5.28 Å². The molecule has 1 aromatic carbocycles. The Morgan fingerprint density at radius 2 is 1.85 bits per heavy atom. The number of rotatable bonds is 3. The highest BCUT2D eigenvalue weighted by Gasteiger charge is 2.35. The third-order valence-corrected chi connectivity index (χ3v) is 5.14. The summed E-state index contributed by atoms with van der Waals surface area (Å²) >= 11 is 6.49. The van der Waals surface area contributed by atoms with Crippen LogP contribution in [-0.4, -0.2) is 24.7 Å². The smallest absolute Gasteiger partial charge is 0.243 e. The van der Waals surface area contributed by atoms with Crippen molar-refractivity contribution in [3.05, 3.63) is 57.4 Å². The zero-order valence-electron chi connectivity index (χ0n) is 13.8. The van der Waals surface area contributed by atoms with Crippen LogP contribution >= 0.6 is 22.9 Å². The van der Waals surface area contributed by atoms with Crippen LogP contribution in [0.4, 0.5) is 13.2 Å². The van der Waals surface area contributed by atoms with Crippen LogP contribution in [0.15, 0.2) is 36.7 Å². The van der Waals surface area contributed by atoms with Crippen molar-refractivity contribution in [1.29, 1.82) is 0 Å². The number of alkyl halides is 3. The van der Waals surface area contributed by atoms with Crippen LogP contribution in [0.1, 0.15) is 15.4 Å². The standard InChI is InChI=1S/C17H11ClF3N5S/c1-9-13(24-15(27-9)17(19,20)21)11-4-2-10(3-5-11)8-26-14-12(7-23-26)6-22-16(18)25-14/h2-7H,8H2,1H3. The van der Waals surface area contributed by atoms with Gasteiger partial charge in [0.1, 0.15) is 0 Å². The Morgan fingerprint density at radius 1 is 1.11 bits per heavy atom. The molecule has 27 heavy (non-hydrogen) atoms. The highest BCUT2D eigenvalue weighted by molar-refractivity contribution is 7.12. The molecule has 0 spiro atoms. The molecule has 0 saturated carbocycles. The largest absolute Gasteiger partial charge is 0.443 e. The first kappa shape index (κ1) is 17.9. The number of nitrogens with zero attached hydrogens (tertiary/aromatic N) is 5. The van der Waals surface area contributed by atoms with Crippen LogP contribution in [0.5, 0.6) is 0 Å². The van der Waals surface area contributed by atoms with Crippen molar-refractivity contribution in [2.75, 3.05) is 0 Å². The molecule has 0 aliphatic rings. The summed E-state index contributed by atoms with van der Waals surface area (Å²) in [5.41, 5.74) is 2.52. The maximum Gasteiger partial charge on any atom is 0.443 e. The number of hydrogen-bond donors (Lipinski definition) is 0. The fourth-order valence-corrected chi connectivity index (χ4v) is 3.62. The molecule has 0 fully saturated rings. The van der Waals surface area contributed by atoms with Crippen LogP contribution in [-0.2, 0) is 12.7 Å². The van der Waals surface area contributed by atoms with E-state index in [0.717, 1.165) is 10.9 Å². The molecule has 138 valence electrons. The second-order valence-electron chi connectivity index (χ2n) is 5.84. The van der Waals surface area contributed by atoms with Crippen molar-refractivity contribution >= 4 is 34.0 Å². The van der Waals surface area contributed by atoms with E-state index in [0.29, 0.717) is 39.7 Å². The molecule has 0 N–H and O–H groups in total. The van der Waals surface area contributed by atoms with Crippen molar-refractivity contribution < 1.29 is 13.2 Å². The van der Waals surface area contributed by atoms with Gasteiger partial charge in [0.2, 0.25) is 5.28 Å². The van der Waals surface area contributed by atoms with E-state index in [1.807, 2.05) is 12.1 Å². The molecule has 3 heterocycles. The van der Waals surface area contributed by atoms with Gasteiger partial charge in [-0.05, 0) is 24.1 Å². The van der Waals surface area contributed by atoms with Crippen LogP contribution < -0.4 is 0 Å². The normalized spacial score (nSPS) is 12.0. The van der Waals surface area contributed by atoms with Crippen LogP contribution in [0, 0.1) is 6.92 Å². The van der Waals surface area contributed by atoms with Crippen molar-refractivity contribution in [3.8, 4) is 11.3 Å². The Balaban J connectivity index is 1.61. The second kappa shape index (κ2) is 6.58. The van der Waals surface area contributed by atoms with Crippen LogP contribution in [0.3, 0.4) is 0 Å². The van der Waals surface area contributed by atoms with Gasteiger partial charge in [0.25, 0.3) is 0 Å². The Kier molecular flexibility index (Phi) is 4.35. The lowest BCUT2D eigenvalue weighted by Gasteiger charge is -2.05. The number of aryl methyl sites for hydroxylation is 1. The predicted molar refractivity (Wildman–Crippen MR) is 96.7 cm³/mol. The van der Waals surface area contributed by atoms with Gasteiger partial charge in [0, 0.05) is 16.6 Å². The number of aromatic nitrogens is 5. The molecule has 0 aliphatic heterocycles. The Morgan fingerprint density at radius 3 is 2.52 bits per heavy atom. The van der Waals surface area contributed by atoms with Gasteiger partial charge in [-0.2, -0.15) is 23.3 Å². The maximum atomic E-state index is 12.8. The van der Waals surface area contributed by atoms with Gasteiger partial charge in [-0.3, -0.25) is 0 Å². The van der Waals surface area contributed by atoms with E-state index in [9.17, 15) is 13.2 Å². The van der Waals surface area contributed by atoms with E-state index in [1.54, 1.807) is 36.1 Å². The van der Waals surface area contributed by atoms with Crippen LogP contribution in [0.2, 0.25) is 5.28 Å². The summed E-state index contributed by atoms with van der Waals surface area (Å²) in [6.07, 6.45) is -1.18. The summed E-state index contributed by atoms with van der Waals surface area (Å²) in [6, 6.07) is 7.17. The molecule has 10 heteroatoms. The molecule has 3 aromatic heterocycles. The van der Waals surface area contributed by atoms with Crippen LogP contribution in [0.25, 0.3) is 22.3 Å². The Labute approximate surface area is 160 Å². The molecule has 0 aliphatic carbocycles. The molecule has 0 amide bonds. The Hall–Kier alpha value is -2.52. The molecule has 4 rings (SSSR count). The van der Waals surface area contributed by atoms with Crippen molar-refractivity contribution in [2.45, 2.75) is 19.6 Å². The highest BCUT2D eigenvalue weighted by atomic mass is 35.5. The minimum atomic E-state index is -4.43. The third kappa shape index (κ3) is 3.52.